The summed E-state index contributed by atoms with van der Waals surface area (Å²) in [6.45, 7) is 6.39. The molecule has 7 heteroatoms. The van der Waals surface area contributed by atoms with E-state index in [1.807, 2.05) is 11.0 Å². The molecule has 1 aromatic carbocycles. The van der Waals surface area contributed by atoms with E-state index in [1.54, 1.807) is 0 Å². The van der Waals surface area contributed by atoms with Gasteiger partial charge in [0.1, 0.15) is 17.3 Å². The highest BCUT2D eigenvalue weighted by Gasteiger charge is 2.28. The van der Waals surface area contributed by atoms with Gasteiger partial charge in [0.25, 0.3) is 5.91 Å². The van der Waals surface area contributed by atoms with Crippen LogP contribution in [0.1, 0.15) is 46.5 Å². The maximum atomic E-state index is 13.2. The molecule has 1 atom stereocenters. The van der Waals surface area contributed by atoms with Crippen LogP contribution in [0.3, 0.4) is 0 Å². The standard InChI is InChI=1S/C22H28N6O/c1-15-5-6-16-13-19(23-18(16)12-15)22(29)27-9-7-20-24-25-21(28(20)11-10-27)17-4-3-8-26(2)14-17/h5-6,12-13,17,23H,3-4,7-11,14H2,1-2H3/t17-/m1/s1. The van der Waals surface area contributed by atoms with Gasteiger partial charge in [-0.15, -0.1) is 10.2 Å². The molecule has 29 heavy (non-hydrogen) atoms. The van der Waals surface area contributed by atoms with Gasteiger partial charge in [0, 0.05) is 49.4 Å². The van der Waals surface area contributed by atoms with Crippen molar-refractivity contribution >= 4 is 16.8 Å². The Kier molecular flexibility index (Phi) is 4.62. The minimum absolute atomic E-state index is 0.0662. The summed E-state index contributed by atoms with van der Waals surface area (Å²) >= 11 is 0. The Balaban J connectivity index is 1.34. The first kappa shape index (κ1) is 18.4. The van der Waals surface area contributed by atoms with Crippen molar-refractivity contribution in [2.75, 3.05) is 33.2 Å². The topological polar surface area (TPSA) is 70.1 Å². The molecule has 2 aromatic heterocycles. The summed E-state index contributed by atoms with van der Waals surface area (Å²) in [5.41, 5.74) is 2.87. The second-order valence-corrected chi connectivity index (χ2v) is 8.54. The summed E-state index contributed by atoms with van der Waals surface area (Å²) in [5, 5.41) is 10.1. The average Bonchev–Trinajstić information content (AvgIpc) is 3.25. The lowest BCUT2D eigenvalue weighted by Gasteiger charge is -2.29. The van der Waals surface area contributed by atoms with Gasteiger partial charge in [0.15, 0.2) is 0 Å². The first-order valence-corrected chi connectivity index (χ1v) is 10.6. The van der Waals surface area contributed by atoms with Gasteiger partial charge in [-0.05, 0) is 51.1 Å². The van der Waals surface area contributed by atoms with E-state index in [0.717, 1.165) is 48.6 Å². The Labute approximate surface area is 170 Å². The number of carbonyl (C=O) groups excluding carboxylic acids is 1. The van der Waals surface area contributed by atoms with Crippen LogP contribution in [-0.4, -0.2) is 68.7 Å². The van der Waals surface area contributed by atoms with Gasteiger partial charge in [-0.3, -0.25) is 4.79 Å². The first-order valence-electron chi connectivity index (χ1n) is 10.6. The predicted molar refractivity (Wildman–Crippen MR) is 112 cm³/mol. The Bertz CT molecular complexity index is 1050. The smallest absolute Gasteiger partial charge is 0.270 e. The molecular weight excluding hydrogens is 364 g/mol. The summed E-state index contributed by atoms with van der Waals surface area (Å²) in [6.07, 6.45) is 3.12. The number of rotatable bonds is 2. The zero-order valence-corrected chi connectivity index (χ0v) is 17.2. The third-order valence-corrected chi connectivity index (χ3v) is 6.34. The van der Waals surface area contributed by atoms with E-state index in [9.17, 15) is 4.79 Å². The number of hydrogen-bond acceptors (Lipinski definition) is 4. The van der Waals surface area contributed by atoms with E-state index in [0.29, 0.717) is 24.7 Å². The molecule has 2 aliphatic rings. The highest BCUT2D eigenvalue weighted by atomic mass is 16.2. The number of benzene rings is 1. The number of aromatic nitrogens is 4. The van der Waals surface area contributed by atoms with Crippen LogP contribution in [0.5, 0.6) is 0 Å². The van der Waals surface area contributed by atoms with E-state index in [-0.39, 0.29) is 5.91 Å². The van der Waals surface area contributed by atoms with Crippen LogP contribution >= 0.6 is 0 Å². The summed E-state index contributed by atoms with van der Waals surface area (Å²) in [6, 6.07) is 8.19. The number of carbonyl (C=O) groups is 1. The van der Waals surface area contributed by atoms with Crippen LogP contribution < -0.4 is 0 Å². The van der Waals surface area contributed by atoms with Crippen molar-refractivity contribution in [3.8, 4) is 0 Å². The largest absolute Gasteiger partial charge is 0.351 e. The quantitative estimate of drug-likeness (QED) is 0.728. The maximum Gasteiger partial charge on any atom is 0.270 e. The minimum atomic E-state index is 0.0662. The zero-order valence-electron chi connectivity index (χ0n) is 17.2. The molecule has 5 rings (SSSR count). The van der Waals surface area contributed by atoms with Crippen molar-refractivity contribution in [1.82, 2.24) is 29.5 Å². The van der Waals surface area contributed by atoms with Gasteiger partial charge in [-0.25, -0.2) is 0 Å². The van der Waals surface area contributed by atoms with E-state index in [4.69, 9.17) is 0 Å². The molecule has 0 radical (unpaired) electrons. The van der Waals surface area contributed by atoms with Crippen molar-refractivity contribution in [2.45, 2.75) is 38.6 Å². The van der Waals surface area contributed by atoms with Gasteiger partial charge in [0.05, 0.1) is 0 Å². The number of likely N-dealkylation sites (N-methyl/N-ethyl adjacent to an activating group) is 1. The number of nitrogens with one attached hydrogen (secondary N) is 1. The van der Waals surface area contributed by atoms with Crippen molar-refractivity contribution in [1.29, 1.82) is 0 Å². The summed E-state index contributed by atoms with van der Waals surface area (Å²) in [4.78, 5) is 20.8. The number of hydrogen-bond donors (Lipinski definition) is 1. The summed E-state index contributed by atoms with van der Waals surface area (Å²) in [7, 11) is 2.17. The van der Waals surface area contributed by atoms with Crippen LogP contribution in [0.4, 0.5) is 0 Å². The molecular formula is C22H28N6O. The third kappa shape index (κ3) is 3.44. The lowest BCUT2D eigenvalue weighted by Crippen LogP contribution is -2.34. The molecule has 7 nitrogen and oxygen atoms in total. The molecule has 1 N–H and O–H groups in total. The highest BCUT2D eigenvalue weighted by molar-refractivity contribution is 5.98. The lowest BCUT2D eigenvalue weighted by atomic mass is 9.97. The second kappa shape index (κ2) is 7.30. The van der Waals surface area contributed by atoms with E-state index in [2.05, 4.69) is 56.8 Å². The number of H-pyrrole nitrogens is 1. The first-order chi connectivity index (χ1) is 14.1. The fourth-order valence-electron chi connectivity index (χ4n) is 4.75. The Morgan fingerprint density at radius 3 is 2.90 bits per heavy atom. The van der Waals surface area contributed by atoms with E-state index in [1.165, 1.54) is 18.4 Å². The van der Waals surface area contributed by atoms with E-state index >= 15 is 0 Å². The van der Waals surface area contributed by atoms with Gasteiger partial charge >= 0.3 is 0 Å². The molecule has 0 aliphatic carbocycles. The van der Waals surface area contributed by atoms with Crippen LogP contribution in [-0.2, 0) is 13.0 Å². The SMILES string of the molecule is Cc1ccc2cc(C(=O)N3CCc4nnc([C@@H]5CCCN(C)C5)n4CC3)[nH]c2c1. The number of aromatic amines is 1. The molecule has 2 aliphatic heterocycles. The molecule has 1 fully saturated rings. The molecule has 152 valence electrons. The molecule has 4 heterocycles. The number of aryl methyl sites for hydroxylation is 1. The summed E-state index contributed by atoms with van der Waals surface area (Å²) in [5.74, 6) is 2.61. The number of nitrogens with zero attached hydrogens (tertiary/aromatic N) is 5. The molecule has 3 aromatic rings. The lowest BCUT2D eigenvalue weighted by molar-refractivity contribution is 0.0753. The van der Waals surface area contributed by atoms with Crippen molar-refractivity contribution in [3.05, 3.63) is 47.2 Å². The van der Waals surface area contributed by atoms with Gasteiger partial charge in [-0.1, -0.05) is 12.1 Å². The Morgan fingerprint density at radius 2 is 2.03 bits per heavy atom. The highest BCUT2D eigenvalue weighted by Crippen LogP contribution is 2.26. The summed E-state index contributed by atoms with van der Waals surface area (Å²) < 4.78 is 2.27. The maximum absolute atomic E-state index is 13.2. The number of piperidine rings is 1. The van der Waals surface area contributed by atoms with Gasteiger partial charge in [0.2, 0.25) is 0 Å². The van der Waals surface area contributed by atoms with Crippen molar-refractivity contribution in [3.63, 3.8) is 0 Å². The molecule has 0 unspecified atom stereocenters. The van der Waals surface area contributed by atoms with Crippen LogP contribution in [0.15, 0.2) is 24.3 Å². The fourth-order valence-corrected chi connectivity index (χ4v) is 4.75. The minimum Gasteiger partial charge on any atom is -0.351 e. The predicted octanol–water partition coefficient (Wildman–Crippen LogP) is 2.58. The molecule has 0 spiro atoms. The monoisotopic (exact) mass is 392 g/mol. The Morgan fingerprint density at radius 1 is 1.14 bits per heavy atom. The van der Waals surface area contributed by atoms with Crippen molar-refractivity contribution in [2.24, 2.45) is 0 Å². The molecule has 0 saturated carbocycles. The molecule has 1 amide bonds. The number of likely N-dealkylation sites (tertiary alicyclic amines) is 1. The Hall–Kier alpha value is -2.67. The molecule has 0 bridgehead atoms. The number of amides is 1. The number of fused-ring (bicyclic) bond motifs is 2. The second-order valence-electron chi connectivity index (χ2n) is 8.54. The van der Waals surface area contributed by atoms with Crippen molar-refractivity contribution < 1.29 is 4.79 Å². The molecule has 1 saturated heterocycles. The zero-order chi connectivity index (χ0) is 20.0. The normalized spacial score (nSPS) is 20.6. The van der Waals surface area contributed by atoms with Crippen LogP contribution in [0.25, 0.3) is 10.9 Å². The van der Waals surface area contributed by atoms with Crippen LogP contribution in [0, 0.1) is 6.92 Å². The van der Waals surface area contributed by atoms with Gasteiger partial charge in [-0.2, -0.15) is 0 Å². The average molecular weight is 393 g/mol. The van der Waals surface area contributed by atoms with Crippen LogP contribution in [0.2, 0.25) is 0 Å². The van der Waals surface area contributed by atoms with E-state index < -0.39 is 0 Å². The third-order valence-electron chi connectivity index (χ3n) is 6.34. The fraction of sp³-hybridized carbons (Fsp3) is 0.500. The van der Waals surface area contributed by atoms with Gasteiger partial charge < -0.3 is 19.4 Å².